The molecule has 4 aromatic rings. The van der Waals surface area contributed by atoms with Gasteiger partial charge in [0.05, 0.1) is 23.5 Å². The number of fused-ring (bicyclic) bond motifs is 1. The number of carbonyl (C=O) groups excluding carboxylic acids is 1. The molecule has 1 amide bonds. The number of amides is 1. The number of alkyl halides is 2. The summed E-state index contributed by atoms with van der Waals surface area (Å²) in [7, 11) is 0. The van der Waals surface area contributed by atoms with Crippen LogP contribution in [0.5, 0.6) is 0 Å². The fourth-order valence-electron chi connectivity index (χ4n) is 3.58. The highest BCUT2D eigenvalue weighted by Crippen LogP contribution is 2.33. The number of carbonyl (C=O) groups is 1. The van der Waals surface area contributed by atoms with E-state index in [1.165, 1.54) is 17.0 Å². The van der Waals surface area contributed by atoms with E-state index in [-0.39, 0.29) is 34.7 Å². The zero-order valence-corrected chi connectivity index (χ0v) is 17.4. The Morgan fingerprint density at radius 1 is 1.29 bits per heavy atom. The number of pyridine rings is 1. The largest absolute Gasteiger partial charge is 0.463 e. The van der Waals surface area contributed by atoms with Crippen molar-refractivity contribution in [2.24, 2.45) is 0 Å². The molecule has 4 heterocycles. The molecule has 31 heavy (non-hydrogen) atoms. The van der Waals surface area contributed by atoms with E-state index in [0.29, 0.717) is 18.0 Å². The van der Waals surface area contributed by atoms with Crippen LogP contribution in [-0.2, 0) is 24.4 Å². The number of hydrogen-bond donors (Lipinski definition) is 1. The lowest BCUT2D eigenvalue weighted by molar-refractivity contribution is -0.121. The van der Waals surface area contributed by atoms with Gasteiger partial charge in [-0.25, -0.2) is 18.4 Å². The van der Waals surface area contributed by atoms with Crippen molar-refractivity contribution < 1.29 is 18.0 Å². The third-order valence-electron chi connectivity index (χ3n) is 5.19. The zero-order chi connectivity index (χ0) is 22.1. The molecule has 0 aliphatic heterocycles. The highest BCUT2D eigenvalue weighted by atomic mass is 19.3. The lowest BCUT2D eigenvalue weighted by atomic mass is 10.1. The number of aromatic nitrogens is 5. The van der Waals surface area contributed by atoms with Gasteiger partial charge in [0.1, 0.15) is 12.2 Å². The number of nitrogens with zero attached hydrogens (tertiary/aromatic N) is 5. The number of nitrogens with one attached hydrogen (secondary N) is 1. The molecule has 0 atom stereocenters. The number of furan rings is 1. The Morgan fingerprint density at radius 3 is 2.74 bits per heavy atom. The maximum absolute atomic E-state index is 13.8. The minimum Gasteiger partial charge on any atom is -0.463 e. The van der Waals surface area contributed by atoms with Crippen molar-refractivity contribution in [2.45, 2.75) is 46.8 Å². The molecule has 8 nitrogen and oxygen atoms in total. The summed E-state index contributed by atoms with van der Waals surface area (Å²) in [5.41, 5.74) is 2.56. The Hall–Kier alpha value is -3.56. The van der Waals surface area contributed by atoms with Crippen LogP contribution < -0.4 is 5.32 Å². The molecule has 0 spiro atoms. The average molecular weight is 428 g/mol. The zero-order valence-electron chi connectivity index (χ0n) is 17.4. The molecule has 0 saturated carbocycles. The van der Waals surface area contributed by atoms with E-state index in [1.807, 2.05) is 18.5 Å². The smallest absolute Gasteiger partial charge is 0.264 e. The first-order valence-corrected chi connectivity index (χ1v) is 9.87. The van der Waals surface area contributed by atoms with E-state index in [0.717, 1.165) is 17.8 Å². The normalized spacial score (nSPS) is 11.5. The van der Waals surface area contributed by atoms with E-state index in [9.17, 15) is 13.6 Å². The van der Waals surface area contributed by atoms with Crippen molar-refractivity contribution in [3.63, 3.8) is 0 Å². The van der Waals surface area contributed by atoms with E-state index in [1.54, 1.807) is 25.3 Å². The first-order chi connectivity index (χ1) is 14.9. The molecule has 0 unspecified atom stereocenters. The van der Waals surface area contributed by atoms with Crippen LogP contribution in [0.3, 0.4) is 0 Å². The van der Waals surface area contributed by atoms with Crippen molar-refractivity contribution >= 4 is 16.9 Å². The summed E-state index contributed by atoms with van der Waals surface area (Å²) < 4.78 is 36.0. The SMILES string of the molecule is CCn1ncc(CNC(=O)Cn2nc(C)c3c(C(F)F)cc(-c4ccco4)nc32)c1C. The summed E-state index contributed by atoms with van der Waals surface area (Å²) in [5.74, 6) is 0.0545. The highest BCUT2D eigenvalue weighted by Gasteiger charge is 2.22. The number of rotatable bonds is 7. The fraction of sp³-hybridized carbons (Fsp3) is 0.333. The van der Waals surface area contributed by atoms with Gasteiger partial charge in [0.2, 0.25) is 5.91 Å². The molecule has 4 aromatic heterocycles. The summed E-state index contributed by atoms with van der Waals surface area (Å²) in [6, 6.07) is 4.60. The van der Waals surface area contributed by atoms with E-state index in [4.69, 9.17) is 4.42 Å². The maximum atomic E-state index is 13.8. The molecule has 0 aromatic carbocycles. The topological polar surface area (TPSA) is 90.8 Å². The summed E-state index contributed by atoms with van der Waals surface area (Å²) in [6.07, 6.45) is 0.447. The number of aryl methyl sites for hydroxylation is 2. The second kappa shape index (κ2) is 8.29. The van der Waals surface area contributed by atoms with E-state index in [2.05, 4.69) is 20.5 Å². The van der Waals surface area contributed by atoms with E-state index < -0.39 is 6.43 Å². The number of halogens is 2. The monoisotopic (exact) mass is 428 g/mol. The van der Waals surface area contributed by atoms with Gasteiger partial charge in [-0.05, 0) is 39.0 Å². The second-order valence-electron chi connectivity index (χ2n) is 7.16. The second-order valence-corrected chi connectivity index (χ2v) is 7.16. The third kappa shape index (κ3) is 3.92. The van der Waals surface area contributed by atoms with Crippen molar-refractivity contribution in [2.75, 3.05) is 0 Å². The molecule has 0 bridgehead atoms. The first kappa shape index (κ1) is 20.7. The molecule has 162 valence electrons. The van der Waals surface area contributed by atoms with Gasteiger partial charge in [-0.2, -0.15) is 10.2 Å². The lowest BCUT2D eigenvalue weighted by Gasteiger charge is -2.08. The van der Waals surface area contributed by atoms with E-state index >= 15 is 0 Å². The van der Waals surface area contributed by atoms with Gasteiger partial charge in [0.15, 0.2) is 11.4 Å². The minimum absolute atomic E-state index is 0.150. The van der Waals surface area contributed by atoms with Gasteiger partial charge in [-0.15, -0.1) is 0 Å². The van der Waals surface area contributed by atoms with Gasteiger partial charge in [0.25, 0.3) is 6.43 Å². The van der Waals surface area contributed by atoms with Gasteiger partial charge in [-0.3, -0.25) is 9.48 Å². The van der Waals surface area contributed by atoms with Crippen LogP contribution in [-0.4, -0.2) is 30.5 Å². The Bertz CT molecular complexity index is 1230. The van der Waals surface area contributed by atoms with Crippen LogP contribution >= 0.6 is 0 Å². The standard InChI is InChI=1S/C21H22F2N6O2/c1-4-28-13(3)14(10-25-28)9-24-18(30)11-29-21-19(12(2)27-29)15(20(22)23)8-16(26-21)17-6-5-7-31-17/h5-8,10,20H,4,9,11H2,1-3H3,(H,24,30). The maximum Gasteiger partial charge on any atom is 0.264 e. The van der Waals surface area contributed by atoms with Crippen molar-refractivity contribution in [3.8, 4) is 11.5 Å². The molecular formula is C21H22F2N6O2. The lowest BCUT2D eigenvalue weighted by Crippen LogP contribution is -2.27. The van der Waals surface area contributed by atoms with Gasteiger partial charge in [-0.1, -0.05) is 0 Å². The Kier molecular flexibility index (Phi) is 5.53. The van der Waals surface area contributed by atoms with Crippen molar-refractivity contribution in [3.05, 3.63) is 53.2 Å². The molecule has 0 aliphatic rings. The summed E-state index contributed by atoms with van der Waals surface area (Å²) in [4.78, 5) is 17.0. The van der Waals surface area contributed by atoms with Crippen LogP contribution in [0.25, 0.3) is 22.5 Å². The molecular weight excluding hydrogens is 406 g/mol. The minimum atomic E-state index is -2.72. The fourth-order valence-corrected chi connectivity index (χ4v) is 3.58. The molecule has 4 rings (SSSR count). The highest BCUT2D eigenvalue weighted by molar-refractivity contribution is 5.86. The van der Waals surface area contributed by atoms with Crippen LogP contribution in [0.2, 0.25) is 0 Å². The summed E-state index contributed by atoms with van der Waals surface area (Å²) >= 11 is 0. The first-order valence-electron chi connectivity index (χ1n) is 9.87. The van der Waals surface area contributed by atoms with Crippen molar-refractivity contribution in [1.29, 1.82) is 0 Å². The molecule has 0 aliphatic carbocycles. The van der Waals surface area contributed by atoms with Crippen LogP contribution in [0.15, 0.2) is 35.1 Å². The van der Waals surface area contributed by atoms with Crippen molar-refractivity contribution in [1.82, 2.24) is 29.9 Å². The Balaban J connectivity index is 1.62. The summed E-state index contributed by atoms with van der Waals surface area (Å²) in [5, 5.41) is 11.6. The molecule has 10 heteroatoms. The van der Waals surface area contributed by atoms with Crippen LogP contribution in [0.1, 0.15) is 35.9 Å². The predicted molar refractivity (Wildman–Crippen MR) is 109 cm³/mol. The molecule has 0 radical (unpaired) electrons. The molecule has 0 saturated heterocycles. The molecule has 1 N–H and O–H groups in total. The van der Waals surface area contributed by atoms with Gasteiger partial charge in [0, 0.05) is 29.9 Å². The third-order valence-corrected chi connectivity index (χ3v) is 5.19. The number of hydrogen-bond acceptors (Lipinski definition) is 5. The molecule has 0 fully saturated rings. The quantitative estimate of drug-likeness (QED) is 0.484. The van der Waals surface area contributed by atoms with Crippen LogP contribution in [0.4, 0.5) is 8.78 Å². The predicted octanol–water partition coefficient (Wildman–Crippen LogP) is 3.78. The Labute approximate surface area is 176 Å². The Morgan fingerprint density at radius 2 is 2.10 bits per heavy atom. The van der Waals surface area contributed by atoms with Gasteiger partial charge < -0.3 is 9.73 Å². The summed E-state index contributed by atoms with van der Waals surface area (Å²) in [6.45, 7) is 6.46. The van der Waals surface area contributed by atoms with Crippen LogP contribution in [0, 0.1) is 13.8 Å². The average Bonchev–Trinajstić information content (AvgIpc) is 3.46. The van der Waals surface area contributed by atoms with Gasteiger partial charge >= 0.3 is 0 Å².